The van der Waals surface area contributed by atoms with Gasteiger partial charge in [-0.3, -0.25) is 9.59 Å². The zero-order valence-electron chi connectivity index (χ0n) is 21.0. The van der Waals surface area contributed by atoms with Crippen LogP contribution >= 0.6 is 0 Å². The fourth-order valence-electron chi connectivity index (χ4n) is 5.48. The van der Waals surface area contributed by atoms with Crippen molar-refractivity contribution in [3.63, 3.8) is 0 Å². The number of Topliss-reactive ketones (excluding diaryl/α,β-unsaturated/α-hetero) is 1. The lowest BCUT2D eigenvalue weighted by molar-refractivity contribution is -0.121. The van der Waals surface area contributed by atoms with Gasteiger partial charge in [0.05, 0.1) is 14.2 Å². The lowest BCUT2D eigenvalue weighted by Crippen LogP contribution is -2.40. The topological polar surface area (TPSA) is 65.1 Å². The molecule has 0 unspecified atom stereocenters. The Morgan fingerprint density at radius 2 is 1.65 bits per heavy atom. The Balaban J connectivity index is 1.36. The summed E-state index contributed by atoms with van der Waals surface area (Å²) in [5.74, 6) is 1.95. The van der Waals surface area contributed by atoms with Gasteiger partial charge >= 0.3 is 0 Å². The van der Waals surface area contributed by atoms with Gasteiger partial charge in [-0.1, -0.05) is 18.2 Å². The fourth-order valence-corrected chi connectivity index (χ4v) is 5.48. The van der Waals surface area contributed by atoms with Crippen LogP contribution in [0.25, 0.3) is 0 Å². The number of ether oxygens (including phenoxy) is 3. The van der Waals surface area contributed by atoms with Crippen LogP contribution in [-0.2, 0) is 11.2 Å². The van der Waals surface area contributed by atoms with E-state index in [0.29, 0.717) is 42.3 Å². The summed E-state index contributed by atoms with van der Waals surface area (Å²) in [6.45, 7) is 1.31. The monoisotopic (exact) mass is 503 g/mol. The van der Waals surface area contributed by atoms with E-state index in [4.69, 9.17) is 14.2 Å². The number of nitrogens with zero attached hydrogens (tertiary/aromatic N) is 1. The fraction of sp³-hybridized carbons (Fsp3) is 0.333. The smallest absolute Gasteiger partial charge is 0.253 e. The Hall–Kier alpha value is -3.87. The standard InChI is InChI=1S/C30H30FNO5/c1-35-27-10-5-21(17-28(27)36-2)29(19-3-7-24(31)8-4-19)20-11-13-32(14-12-20)30(34)22-6-9-26-23(15-22)16-25(33)18-37-26/h3-10,15,17,20,29H,11-14,16,18H2,1-2H3/t29-/m1/s1. The van der Waals surface area contributed by atoms with E-state index in [-0.39, 0.29) is 36.0 Å². The van der Waals surface area contributed by atoms with E-state index in [0.717, 1.165) is 29.5 Å². The second kappa shape index (κ2) is 10.6. The van der Waals surface area contributed by atoms with Gasteiger partial charge in [0.25, 0.3) is 5.91 Å². The molecule has 192 valence electrons. The first-order valence-corrected chi connectivity index (χ1v) is 12.5. The van der Waals surface area contributed by atoms with Crippen molar-refractivity contribution in [1.82, 2.24) is 4.90 Å². The minimum atomic E-state index is -0.271. The Kier molecular flexibility index (Phi) is 7.12. The lowest BCUT2D eigenvalue weighted by atomic mass is 9.76. The highest BCUT2D eigenvalue weighted by atomic mass is 19.1. The molecule has 7 heteroatoms. The average Bonchev–Trinajstić information content (AvgIpc) is 2.93. The number of rotatable bonds is 6. The SMILES string of the molecule is COc1ccc([C@H](c2ccc(F)cc2)C2CCN(C(=O)c3ccc4c(c3)CC(=O)CO4)CC2)cc1OC. The van der Waals surface area contributed by atoms with Crippen LogP contribution in [0.15, 0.2) is 60.7 Å². The highest BCUT2D eigenvalue weighted by Crippen LogP contribution is 2.41. The molecule has 2 heterocycles. The van der Waals surface area contributed by atoms with Crippen molar-refractivity contribution >= 4 is 11.7 Å². The van der Waals surface area contributed by atoms with Crippen molar-refractivity contribution in [1.29, 1.82) is 0 Å². The molecule has 0 aliphatic carbocycles. The first kappa shape index (κ1) is 24.8. The molecule has 3 aromatic rings. The molecule has 0 spiro atoms. The predicted octanol–water partition coefficient (Wildman–Crippen LogP) is 5.03. The van der Waals surface area contributed by atoms with Crippen LogP contribution in [0.1, 0.15) is 45.8 Å². The molecule has 0 N–H and O–H groups in total. The molecule has 5 rings (SSSR count). The summed E-state index contributed by atoms with van der Waals surface area (Å²) < 4.78 is 30.2. The Bertz CT molecular complexity index is 1300. The minimum absolute atomic E-state index is 0.0138. The third kappa shape index (κ3) is 5.17. The number of carbonyl (C=O) groups is 2. The third-order valence-electron chi connectivity index (χ3n) is 7.38. The van der Waals surface area contributed by atoms with Crippen molar-refractivity contribution in [2.75, 3.05) is 33.9 Å². The molecular weight excluding hydrogens is 473 g/mol. The summed E-state index contributed by atoms with van der Waals surface area (Å²) in [6, 6.07) is 17.9. The normalized spacial score (nSPS) is 16.5. The number of halogens is 1. The molecule has 1 saturated heterocycles. The van der Waals surface area contributed by atoms with Crippen LogP contribution in [0.3, 0.4) is 0 Å². The van der Waals surface area contributed by atoms with E-state index in [1.807, 2.05) is 35.2 Å². The van der Waals surface area contributed by atoms with Gasteiger partial charge in [0.15, 0.2) is 17.3 Å². The van der Waals surface area contributed by atoms with E-state index >= 15 is 0 Å². The van der Waals surface area contributed by atoms with Crippen molar-refractivity contribution < 1.29 is 28.2 Å². The maximum absolute atomic E-state index is 13.7. The Labute approximate surface area is 216 Å². The van der Waals surface area contributed by atoms with Gasteiger partial charge in [-0.15, -0.1) is 0 Å². The molecule has 6 nitrogen and oxygen atoms in total. The van der Waals surface area contributed by atoms with E-state index < -0.39 is 0 Å². The molecule has 0 bridgehead atoms. The molecule has 2 aliphatic rings. The second-order valence-corrected chi connectivity index (χ2v) is 9.60. The summed E-state index contributed by atoms with van der Waals surface area (Å²) in [5.41, 5.74) is 3.43. The largest absolute Gasteiger partial charge is 0.493 e. The quantitative estimate of drug-likeness (QED) is 0.472. The van der Waals surface area contributed by atoms with E-state index in [1.54, 1.807) is 32.4 Å². The van der Waals surface area contributed by atoms with Gasteiger partial charge in [0.2, 0.25) is 0 Å². The van der Waals surface area contributed by atoms with E-state index in [1.165, 1.54) is 12.1 Å². The minimum Gasteiger partial charge on any atom is -0.493 e. The summed E-state index contributed by atoms with van der Waals surface area (Å²) in [7, 11) is 3.22. The predicted molar refractivity (Wildman–Crippen MR) is 137 cm³/mol. The first-order valence-electron chi connectivity index (χ1n) is 12.5. The number of hydrogen-bond donors (Lipinski definition) is 0. The Morgan fingerprint density at radius 1 is 0.946 bits per heavy atom. The van der Waals surface area contributed by atoms with E-state index in [9.17, 15) is 14.0 Å². The molecule has 37 heavy (non-hydrogen) atoms. The molecule has 1 fully saturated rings. The summed E-state index contributed by atoms with van der Waals surface area (Å²) >= 11 is 0. The maximum atomic E-state index is 13.7. The van der Waals surface area contributed by atoms with Crippen LogP contribution < -0.4 is 14.2 Å². The van der Waals surface area contributed by atoms with Crippen LogP contribution in [-0.4, -0.2) is 50.5 Å². The van der Waals surface area contributed by atoms with Gasteiger partial charge in [0.1, 0.15) is 18.2 Å². The highest BCUT2D eigenvalue weighted by molar-refractivity contribution is 5.95. The number of methoxy groups -OCH3 is 2. The number of ketones is 1. The van der Waals surface area contributed by atoms with Gasteiger partial charge < -0.3 is 19.1 Å². The molecule has 0 aromatic heterocycles. The van der Waals surface area contributed by atoms with Crippen LogP contribution in [0.2, 0.25) is 0 Å². The van der Waals surface area contributed by atoms with Crippen molar-refractivity contribution in [3.8, 4) is 17.2 Å². The molecule has 1 atom stereocenters. The van der Waals surface area contributed by atoms with Gasteiger partial charge in [-0.05, 0) is 72.4 Å². The number of likely N-dealkylation sites (tertiary alicyclic amines) is 1. The summed E-state index contributed by atoms with van der Waals surface area (Å²) in [4.78, 5) is 27.0. The number of piperidine rings is 1. The van der Waals surface area contributed by atoms with Crippen LogP contribution in [0, 0.1) is 11.7 Å². The molecule has 0 saturated carbocycles. The van der Waals surface area contributed by atoms with Crippen LogP contribution in [0.5, 0.6) is 17.2 Å². The molecule has 1 amide bonds. The van der Waals surface area contributed by atoms with Crippen molar-refractivity contribution in [2.24, 2.45) is 5.92 Å². The maximum Gasteiger partial charge on any atom is 0.253 e. The zero-order valence-corrected chi connectivity index (χ0v) is 21.0. The summed E-state index contributed by atoms with van der Waals surface area (Å²) in [5, 5.41) is 0. The van der Waals surface area contributed by atoms with Gasteiger partial charge in [-0.25, -0.2) is 4.39 Å². The molecule has 2 aliphatic heterocycles. The van der Waals surface area contributed by atoms with Gasteiger partial charge in [-0.2, -0.15) is 0 Å². The first-order chi connectivity index (χ1) is 18.0. The average molecular weight is 504 g/mol. The van der Waals surface area contributed by atoms with Gasteiger partial charge in [0, 0.05) is 36.6 Å². The number of benzene rings is 3. The third-order valence-corrected chi connectivity index (χ3v) is 7.38. The summed E-state index contributed by atoms with van der Waals surface area (Å²) in [6.07, 6.45) is 1.90. The number of amides is 1. The van der Waals surface area contributed by atoms with Crippen LogP contribution in [0.4, 0.5) is 4.39 Å². The van der Waals surface area contributed by atoms with E-state index in [2.05, 4.69) is 0 Å². The van der Waals surface area contributed by atoms with Crippen molar-refractivity contribution in [2.45, 2.75) is 25.2 Å². The lowest BCUT2D eigenvalue weighted by Gasteiger charge is -2.37. The number of carbonyl (C=O) groups excluding carboxylic acids is 2. The highest BCUT2D eigenvalue weighted by Gasteiger charge is 2.32. The molecule has 3 aromatic carbocycles. The molecular formula is C30H30FNO5. The molecule has 0 radical (unpaired) electrons. The number of fused-ring (bicyclic) bond motifs is 1. The van der Waals surface area contributed by atoms with Crippen molar-refractivity contribution in [3.05, 3.63) is 88.7 Å². The Morgan fingerprint density at radius 3 is 2.35 bits per heavy atom. The zero-order chi connectivity index (χ0) is 25.9. The number of hydrogen-bond acceptors (Lipinski definition) is 5. The second-order valence-electron chi connectivity index (χ2n) is 9.60.